The standard InChI is InChI=1S/C17H19ClN2O3S/c1-10-13-15(22)20(8-3-9-21)17(23)19(2)16(13)24-14(10)11-4-6-12(18)7-5-11/h4-7,13,16,21H,3,8-9H2,1-2H3. The minimum Gasteiger partial charge on any atom is -0.396 e. The van der Waals surface area contributed by atoms with Gasteiger partial charge in [0.05, 0.1) is 11.3 Å². The van der Waals surface area contributed by atoms with Crippen molar-refractivity contribution in [2.45, 2.75) is 18.7 Å². The summed E-state index contributed by atoms with van der Waals surface area (Å²) in [6, 6.07) is 7.21. The first-order valence-electron chi connectivity index (χ1n) is 7.78. The van der Waals surface area contributed by atoms with Gasteiger partial charge >= 0.3 is 6.03 Å². The van der Waals surface area contributed by atoms with Gasteiger partial charge in [-0.05, 0) is 36.6 Å². The van der Waals surface area contributed by atoms with E-state index in [2.05, 4.69) is 0 Å². The number of carbonyl (C=O) groups is 2. The third-order valence-electron chi connectivity index (χ3n) is 4.44. The number of aliphatic hydroxyl groups is 1. The van der Waals surface area contributed by atoms with Crippen molar-refractivity contribution in [3.8, 4) is 0 Å². The zero-order valence-corrected chi connectivity index (χ0v) is 15.1. The second-order valence-electron chi connectivity index (χ2n) is 5.97. The molecule has 0 bridgehead atoms. The quantitative estimate of drug-likeness (QED) is 0.889. The molecule has 1 aromatic carbocycles. The Morgan fingerprint density at radius 1 is 1.25 bits per heavy atom. The molecule has 2 aliphatic rings. The molecule has 5 nitrogen and oxygen atoms in total. The lowest BCUT2D eigenvalue weighted by molar-refractivity contribution is -0.135. The number of rotatable bonds is 4. The monoisotopic (exact) mass is 366 g/mol. The van der Waals surface area contributed by atoms with E-state index in [-0.39, 0.29) is 36.4 Å². The predicted molar refractivity (Wildman–Crippen MR) is 95.5 cm³/mol. The zero-order chi connectivity index (χ0) is 17.4. The smallest absolute Gasteiger partial charge is 0.327 e. The SMILES string of the molecule is CC1=C(c2ccc(Cl)cc2)SC2C1C(=O)N(CCCO)C(=O)N2C. The molecular formula is C17H19ClN2O3S. The molecule has 1 fully saturated rings. The van der Waals surface area contributed by atoms with Gasteiger partial charge in [-0.3, -0.25) is 9.69 Å². The van der Waals surface area contributed by atoms with Gasteiger partial charge in [-0.2, -0.15) is 0 Å². The Labute approximate surface area is 150 Å². The van der Waals surface area contributed by atoms with Crippen LogP contribution in [0.1, 0.15) is 18.9 Å². The highest BCUT2D eigenvalue weighted by Gasteiger charge is 2.50. The van der Waals surface area contributed by atoms with E-state index >= 15 is 0 Å². The average molecular weight is 367 g/mol. The number of imide groups is 1. The van der Waals surface area contributed by atoms with Crippen LogP contribution in [0.3, 0.4) is 0 Å². The van der Waals surface area contributed by atoms with E-state index < -0.39 is 0 Å². The molecule has 0 aliphatic carbocycles. The largest absolute Gasteiger partial charge is 0.396 e. The number of hydrogen-bond acceptors (Lipinski definition) is 4. The number of fused-ring (bicyclic) bond motifs is 1. The van der Waals surface area contributed by atoms with Crippen LogP contribution >= 0.6 is 23.4 Å². The van der Waals surface area contributed by atoms with Gasteiger partial charge in [-0.25, -0.2) is 4.79 Å². The molecule has 0 aromatic heterocycles. The molecule has 1 N–H and O–H groups in total. The molecule has 7 heteroatoms. The molecule has 1 saturated heterocycles. The van der Waals surface area contributed by atoms with Crippen LogP contribution in [0.25, 0.3) is 4.91 Å². The minimum atomic E-state index is -0.345. The van der Waals surface area contributed by atoms with Crippen molar-refractivity contribution in [3.05, 3.63) is 40.4 Å². The van der Waals surface area contributed by atoms with Crippen molar-refractivity contribution in [1.29, 1.82) is 0 Å². The maximum atomic E-state index is 12.8. The Morgan fingerprint density at radius 3 is 2.54 bits per heavy atom. The van der Waals surface area contributed by atoms with Crippen molar-refractivity contribution >= 4 is 40.2 Å². The van der Waals surface area contributed by atoms with E-state index in [9.17, 15) is 9.59 Å². The molecule has 0 radical (unpaired) electrons. The lowest BCUT2D eigenvalue weighted by atomic mass is 9.94. The van der Waals surface area contributed by atoms with Gasteiger partial charge in [-0.1, -0.05) is 35.5 Å². The van der Waals surface area contributed by atoms with E-state index in [1.807, 2.05) is 31.2 Å². The maximum Gasteiger partial charge on any atom is 0.327 e. The van der Waals surface area contributed by atoms with E-state index in [1.165, 1.54) is 4.90 Å². The number of thioether (sulfide) groups is 1. The first-order valence-corrected chi connectivity index (χ1v) is 9.04. The fourth-order valence-corrected chi connectivity index (χ4v) is 4.80. The Balaban J connectivity index is 1.94. The second kappa shape index (κ2) is 6.78. The minimum absolute atomic E-state index is 0.0472. The van der Waals surface area contributed by atoms with Gasteiger partial charge < -0.3 is 10.0 Å². The van der Waals surface area contributed by atoms with Gasteiger partial charge in [0.1, 0.15) is 0 Å². The number of nitrogens with zero attached hydrogens (tertiary/aromatic N) is 2. The first kappa shape index (κ1) is 17.3. The molecule has 2 heterocycles. The maximum absolute atomic E-state index is 12.8. The van der Waals surface area contributed by atoms with E-state index in [4.69, 9.17) is 16.7 Å². The molecule has 2 unspecified atom stereocenters. The Hall–Kier alpha value is -1.50. The molecule has 0 saturated carbocycles. The van der Waals surface area contributed by atoms with Crippen LogP contribution in [0.2, 0.25) is 5.02 Å². The fourth-order valence-electron chi connectivity index (χ4n) is 3.14. The van der Waals surface area contributed by atoms with E-state index in [0.29, 0.717) is 11.4 Å². The van der Waals surface area contributed by atoms with Crippen molar-refractivity contribution in [3.63, 3.8) is 0 Å². The van der Waals surface area contributed by atoms with Gasteiger partial charge in [0, 0.05) is 30.1 Å². The highest BCUT2D eigenvalue weighted by atomic mass is 35.5. The fraction of sp³-hybridized carbons (Fsp3) is 0.412. The molecule has 24 heavy (non-hydrogen) atoms. The molecule has 3 amide bonds. The van der Waals surface area contributed by atoms with Crippen molar-refractivity contribution in [2.24, 2.45) is 5.92 Å². The van der Waals surface area contributed by atoms with Gasteiger partial charge in [0.25, 0.3) is 0 Å². The third kappa shape index (κ3) is 2.83. The molecule has 0 spiro atoms. The Kier molecular flexibility index (Phi) is 4.90. The number of hydrogen-bond donors (Lipinski definition) is 1. The van der Waals surface area contributed by atoms with E-state index in [1.54, 1.807) is 23.7 Å². The van der Waals surface area contributed by atoms with Crippen LogP contribution < -0.4 is 0 Å². The van der Waals surface area contributed by atoms with Crippen molar-refractivity contribution in [1.82, 2.24) is 9.80 Å². The lowest BCUT2D eigenvalue weighted by Gasteiger charge is -2.40. The zero-order valence-electron chi connectivity index (χ0n) is 13.5. The molecule has 1 aromatic rings. The van der Waals surface area contributed by atoms with Crippen LogP contribution in [0.4, 0.5) is 4.79 Å². The molecular weight excluding hydrogens is 348 g/mol. The molecule has 2 aliphatic heterocycles. The van der Waals surface area contributed by atoms with Crippen LogP contribution in [0.15, 0.2) is 29.8 Å². The topological polar surface area (TPSA) is 60.9 Å². The number of amides is 3. The van der Waals surface area contributed by atoms with Crippen molar-refractivity contribution < 1.29 is 14.7 Å². The first-order chi connectivity index (χ1) is 11.5. The summed E-state index contributed by atoms with van der Waals surface area (Å²) >= 11 is 7.50. The van der Waals surface area contributed by atoms with E-state index in [0.717, 1.165) is 16.0 Å². The van der Waals surface area contributed by atoms with Crippen molar-refractivity contribution in [2.75, 3.05) is 20.2 Å². The number of halogens is 1. The summed E-state index contributed by atoms with van der Waals surface area (Å²) in [5.74, 6) is -0.521. The average Bonchev–Trinajstić information content (AvgIpc) is 2.91. The normalized spacial score (nSPS) is 24.0. The lowest BCUT2D eigenvalue weighted by Crippen LogP contribution is -2.58. The van der Waals surface area contributed by atoms with Crippen LogP contribution in [-0.4, -0.2) is 52.4 Å². The summed E-state index contributed by atoms with van der Waals surface area (Å²) in [6.45, 7) is 2.15. The number of urea groups is 1. The number of carbonyl (C=O) groups excluding carboxylic acids is 2. The summed E-state index contributed by atoms with van der Waals surface area (Å²) < 4.78 is 0. The summed E-state index contributed by atoms with van der Waals surface area (Å²) in [5, 5.41) is 9.44. The second-order valence-corrected chi connectivity index (χ2v) is 7.53. The summed E-state index contributed by atoms with van der Waals surface area (Å²) in [7, 11) is 1.73. The van der Waals surface area contributed by atoms with Crippen LogP contribution in [-0.2, 0) is 4.79 Å². The Morgan fingerprint density at radius 2 is 1.92 bits per heavy atom. The summed E-state index contributed by atoms with van der Waals surface area (Å²) in [4.78, 5) is 29.2. The van der Waals surface area contributed by atoms with Crippen LogP contribution in [0.5, 0.6) is 0 Å². The summed E-state index contributed by atoms with van der Waals surface area (Å²) in [5.41, 5.74) is 1.98. The summed E-state index contributed by atoms with van der Waals surface area (Å²) in [6.07, 6.45) is 0.392. The number of benzene rings is 1. The Bertz CT molecular complexity index is 704. The third-order valence-corrected chi connectivity index (χ3v) is 6.32. The molecule has 2 atom stereocenters. The van der Waals surface area contributed by atoms with Crippen LogP contribution in [0, 0.1) is 5.92 Å². The van der Waals surface area contributed by atoms with Gasteiger partial charge in [0.2, 0.25) is 5.91 Å². The molecule has 128 valence electrons. The van der Waals surface area contributed by atoms with Gasteiger partial charge in [-0.15, -0.1) is 0 Å². The highest BCUT2D eigenvalue weighted by molar-refractivity contribution is 8.09. The van der Waals surface area contributed by atoms with Gasteiger partial charge in [0.15, 0.2) is 0 Å². The predicted octanol–water partition coefficient (Wildman–Crippen LogP) is 3.04. The highest BCUT2D eigenvalue weighted by Crippen LogP contribution is 2.50. The number of aliphatic hydroxyl groups excluding tert-OH is 1. The molecule has 3 rings (SSSR count).